The number of nitrogens with one attached hydrogen (secondary N) is 1. The fourth-order valence-electron chi connectivity index (χ4n) is 1.86. The third-order valence-corrected chi connectivity index (χ3v) is 4.61. The van der Waals surface area contributed by atoms with Crippen molar-refractivity contribution in [3.8, 4) is 0 Å². The summed E-state index contributed by atoms with van der Waals surface area (Å²) in [6.45, 7) is 2.47. The van der Waals surface area contributed by atoms with Crippen molar-refractivity contribution in [3.05, 3.63) is 42.0 Å². The minimum absolute atomic E-state index is 0.179. The molecule has 0 saturated heterocycles. The molecule has 0 saturated carbocycles. The number of sulfone groups is 1. The zero-order valence-corrected chi connectivity index (χ0v) is 13.4. The van der Waals surface area contributed by atoms with Crippen LogP contribution in [0.25, 0.3) is 0 Å². The molecule has 0 fully saturated rings. The lowest BCUT2D eigenvalue weighted by Gasteiger charge is -2.05. The molecule has 1 aromatic carbocycles. The van der Waals surface area contributed by atoms with Crippen LogP contribution in [-0.4, -0.2) is 35.1 Å². The van der Waals surface area contributed by atoms with Crippen LogP contribution in [0.4, 0.5) is 10.1 Å². The first-order chi connectivity index (χ1) is 10.9. The van der Waals surface area contributed by atoms with Crippen molar-refractivity contribution in [2.75, 3.05) is 11.1 Å². The number of hydrogen-bond donors (Lipinski definition) is 1. The first-order valence-corrected chi connectivity index (χ1v) is 8.85. The van der Waals surface area contributed by atoms with Gasteiger partial charge in [-0.2, -0.15) is 0 Å². The van der Waals surface area contributed by atoms with Crippen LogP contribution in [0.2, 0.25) is 0 Å². The Bertz CT molecular complexity index is 772. The molecule has 0 atom stereocenters. The Morgan fingerprint density at radius 2 is 2.00 bits per heavy atom. The summed E-state index contributed by atoms with van der Waals surface area (Å²) in [5.74, 6) is -1.40. The molecule has 23 heavy (non-hydrogen) atoms. The van der Waals surface area contributed by atoms with E-state index in [1.807, 2.05) is 6.92 Å². The number of carbonyl (C=O) groups excluding carboxylic acids is 1. The maximum Gasteiger partial charge on any atom is 0.225 e. The van der Waals surface area contributed by atoms with Gasteiger partial charge in [0.1, 0.15) is 5.82 Å². The van der Waals surface area contributed by atoms with Gasteiger partial charge >= 0.3 is 0 Å². The smallest absolute Gasteiger partial charge is 0.225 e. The molecule has 0 bridgehead atoms. The summed E-state index contributed by atoms with van der Waals surface area (Å²) in [6, 6.07) is 5.24. The summed E-state index contributed by atoms with van der Waals surface area (Å²) in [5, 5.41) is 10.1. The Labute approximate surface area is 133 Å². The van der Waals surface area contributed by atoms with E-state index in [2.05, 4.69) is 15.6 Å². The van der Waals surface area contributed by atoms with E-state index in [1.165, 1.54) is 28.9 Å². The molecule has 7 nitrogen and oxygen atoms in total. The van der Waals surface area contributed by atoms with Gasteiger partial charge in [0.05, 0.1) is 17.2 Å². The largest absolute Gasteiger partial charge is 0.326 e. The highest BCUT2D eigenvalue weighted by molar-refractivity contribution is 7.90. The average Bonchev–Trinajstić information content (AvgIpc) is 2.94. The number of anilines is 1. The molecule has 1 heterocycles. The lowest BCUT2D eigenvalue weighted by molar-refractivity contribution is -0.115. The van der Waals surface area contributed by atoms with E-state index in [-0.39, 0.29) is 17.9 Å². The fourth-order valence-corrected chi connectivity index (χ4v) is 3.09. The van der Waals surface area contributed by atoms with Gasteiger partial charge in [0.2, 0.25) is 5.91 Å². The van der Waals surface area contributed by atoms with E-state index in [4.69, 9.17) is 0 Å². The lowest BCUT2D eigenvalue weighted by Crippen LogP contribution is -2.18. The highest BCUT2D eigenvalue weighted by atomic mass is 32.2. The number of amides is 1. The zero-order chi connectivity index (χ0) is 16.9. The quantitative estimate of drug-likeness (QED) is 0.822. The molecule has 0 unspecified atom stereocenters. The summed E-state index contributed by atoms with van der Waals surface area (Å²) in [4.78, 5) is 11.7. The first-order valence-electron chi connectivity index (χ1n) is 7.03. The van der Waals surface area contributed by atoms with E-state index in [0.29, 0.717) is 17.9 Å². The van der Waals surface area contributed by atoms with Gasteiger partial charge in [-0.25, -0.2) is 12.8 Å². The molecule has 0 spiro atoms. The predicted molar refractivity (Wildman–Crippen MR) is 82.8 cm³/mol. The van der Waals surface area contributed by atoms with Crippen molar-refractivity contribution in [2.45, 2.75) is 25.6 Å². The van der Waals surface area contributed by atoms with Crippen LogP contribution in [-0.2, 0) is 26.9 Å². The molecule has 9 heteroatoms. The standard InChI is InChI=1S/C14H17FN4O3S/c1-2-19-9-13(17-18-19)10-23(21,22)8-7-14(20)16-12-5-3-11(15)4-6-12/h3-6,9H,2,7-8,10H2,1H3,(H,16,20). The van der Waals surface area contributed by atoms with Gasteiger partial charge < -0.3 is 5.32 Å². The van der Waals surface area contributed by atoms with Gasteiger partial charge in [0.25, 0.3) is 0 Å². The van der Waals surface area contributed by atoms with Crippen molar-refractivity contribution in [1.29, 1.82) is 0 Å². The number of hydrogen-bond acceptors (Lipinski definition) is 5. The highest BCUT2D eigenvalue weighted by Gasteiger charge is 2.16. The Hall–Kier alpha value is -2.29. The summed E-state index contributed by atoms with van der Waals surface area (Å²) < 4.78 is 38.3. The number of halogens is 1. The van der Waals surface area contributed by atoms with Gasteiger partial charge in [-0.3, -0.25) is 9.48 Å². The second-order valence-electron chi connectivity index (χ2n) is 4.96. The third kappa shape index (κ3) is 5.44. The van der Waals surface area contributed by atoms with Crippen LogP contribution >= 0.6 is 0 Å². The first kappa shape index (κ1) is 17.1. The van der Waals surface area contributed by atoms with Crippen LogP contribution in [0.3, 0.4) is 0 Å². The molecule has 1 amide bonds. The van der Waals surface area contributed by atoms with Gasteiger partial charge in [-0.15, -0.1) is 5.10 Å². The van der Waals surface area contributed by atoms with Gasteiger partial charge in [-0.1, -0.05) is 5.21 Å². The molecular formula is C14H17FN4O3S. The van der Waals surface area contributed by atoms with Gasteiger partial charge in [-0.05, 0) is 31.2 Å². The maximum atomic E-state index is 12.8. The van der Waals surface area contributed by atoms with Crippen LogP contribution in [0.1, 0.15) is 19.0 Å². The summed E-state index contributed by atoms with van der Waals surface area (Å²) in [7, 11) is -3.46. The Balaban J connectivity index is 1.85. The zero-order valence-electron chi connectivity index (χ0n) is 12.6. The summed E-state index contributed by atoms with van der Waals surface area (Å²) >= 11 is 0. The Morgan fingerprint density at radius 1 is 1.30 bits per heavy atom. The second-order valence-corrected chi connectivity index (χ2v) is 7.15. The van der Waals surface area contributed by atoms with E-state index < -0.39 is 21.6 Å². The summed E-state index contributed by atoms with van der Waals surface area (Å²) in [5.41, 5.74) is 0.769. The lowest BCUT2D eigenvalue weighted by atomic mass is 10.3. The van der Waals surface area contributed by atoms with Gasteiger partial charge in [0, 0.05) is 24.8 Å². The minimum atomic E-state index is -3.46. The molecule has 0 aliphatic carbocycles. The number of nitrogens with zero attached hydrogens (tertiary/aromatic N) is 3. The third-order valence-electron chi connectivity index (χ3n) is 3.05. The number of aromatic nitrogens is 3. The Morgan fingerprint density at radius 3 is 2.61 bits per heavy atom. The topological polar surface area (TPSA) is 94.0 Å². The van der Waals surface area contributed by atoms with E-state index in [0.717, 1.165) is 0 Å². The Kier molecular flexibility index (Phi) is 5.43. The van der Waals surface area contributed by atoms with Crippen molar-refractivity contribution >= 4 is 21.4 Å². The van der Waals surface area contributed by atoms with Crippen LogP contribution in [0.5, 0.6) is 0 Å². The average molecular weight is 340 g/mol. The molecule has 1 aromatic heterocycles. The van der Waals surface area contributed by atoms with E-state index in [9.17, 15) is 17.6 Å². The second kappa shape index (κ2) is 7.32. The normalized spacial score (nSPS) is 11.4. The molecular weight excluding hydrogens is 323 g/mol. The van der Waals surface area contributed by atoms with Crippen molar-refractivity contribution in [2.24, 2.45) is 0 Å². The van der Waals surface area contributed by atoms with Crippen LogP contribution in [0.15, 0.2) is 30.5 Å². The fraction of sp³-hybridized carbons (Fsp3) is 0.357. The van der Waals surface area contributed by atoms with Crippen LogP contribution < -0.4 is 5.32 Å². The van der Waals surface area contributed by atoms with Crippen LogP contribution in [0, 0.1) is 5.82 Å². The number of rotatable bonds is 7. The minimum Gasteiger partial charge on any atom is -0.326 e. The number of aryl methyl sites for hydroxylation is 1. The van der Waals surface area contributed by atoms with Gasteiger partial charge in [0.15, 0.2) is 9.84 Å². The van der Waals surface area contributed by atoms with Crippen molar-refractivity contribution < 1.29 is 17.6 Å². The van der Waals surface area contributed by atoms with E-state index in [1.54, 1.807) is 6.20 Å². The molecule has 2 aromatic rings. The SMILES string of the molecule is CCn1cc(CS(=O)(=O)CCC(=O)Nc2ccc(F)cc2)nn1. The van der Waals surface area contributed by atoms with Crippen molar-refractivity contribution in [1.82, 2.24) is 15.0 Å². The summed E-state index contributed by atoms with van der Waals surface area (Å²) in [6.07, 6.45) is 1.39. The predicted octanol–water partition coefficient (Wildman–Crippen LogP) is 1.38. The highest BCUT2D eigenvalue weighted by Crippen LogP contribution is 2.10. The molecule has 0 aliphatic rings. The number of benzene rings is 1. The molecule has 0 aliphatic heterocycles. The molecule has 124 valence electrons. The molecule has 0 radical (unpaired) electrons. The van der Waals surface area contributed by atoms with E-state index >= 15 is 0 Å². The molecule has 1 N–H and O–H groups in total. The van der Waals surface area contributed by atoms with Crippen molar-refractivity contribution in [3.63, 3.8) is 0 Å². The monoisotopic (exact) mass is 340 g/mol. The maximum absolute atomic E-state index is 12.8. The number of carbonyl (C=O) groups is 1. The molecule has 2 rings (SSSR count).